The first-order valence-electron chi connectivity index (χ1n) is 7.60. The number of nitrogens with two attached hydrogens (primary N) is 1. The maximum atomic E-state index is 12.9. The SMILES string of the molecule is CC(Oc1cccc(N(N)C=N)c1)C(=O)Nc1ccc(Cl)c(C(F)(F)F)c1. The number of hydrogen-bond acceptors (Lipinski definition) is 4. The smallest absolute Gasteiger partial charge is 0.417 e. The van der Waals surface area contributed by atoms with E-state index >= 15 is 0 Å². The van der Waals surface area contributed by atoms with Gasteiger partial charge in [-0.15, -0.1) is 0 Å². The summed E-state index contributed by atoms with van der Waals surface area (Å²) < 4.78 is 44.2. The van der Waals surface area contributed by atoms with Crippen LogP contribution in [0.25, 0.3) is 0 Å². The summed E-state index contributed by atoms with van der Waals surface area (Å²) >= 11 is 5.55. The molecular weight excluding hydrogens is 385 g/mol. The summed E-state index contributed by atoms with van der Waals surface area (Å²) in [5.74, 6) is 5.23. The van der Waals surface area contributed by atoms with E-state index in [0.29, 0.717) is 11.4 Å². The molecule has 0 aromatic heterocycles. The van der Waals surface area contributed by atoms with Crippen molar-refractivity contribution < 1.29 is 22.7 Å². The van der Waals surface area contributed by atoms with Crippen LogP contribution in [0.5, 0.6) is 5.75 Å². The molecule has 2 aromatic carbocycles. The summed E-state index contributed by atoms with van der Waals surface area (Å²) in [6, 6.07) is 9.42. The monoisotopic (exact) mass is 400 g/mol. The predicted molar refractivity (Wildman–Crippen MR) is 97.1 cm³/mol. The summed E-state index contributed by atoms with van der Waals surface area (Å²) in [4.78, 5) is 12.2. The van der Waals surface area contributed by atoms with Crippen molar-refractivity contribution in [1.29, 1.82) is 5.41 Å². The Morgan fingerprint density at radius 3 is 2.67 bits per heavy atom. The lowest BCUT2D eigenvalue weighted by molar-refractivity contribution is -0.137. The molecular formula is C17H16ClF3N4O2. The highest BCUT2D eigenvalue weighted by Gasteiger charge is 2.33. The minimum Gasteiger partial charge on any atom is -0.481 e. The third-order valence-electron chi connectivity index (χ3n) is 3.48. The van der Waals surface area contributed by atoms with Crippen LogP contribution in [0.3, 0.4) is 0 Å². The van der Waals surface area contributed by atoms with E-state index in [0.717, 1.165) is 23.5 Å². The van der Waals surface area contributed by atoms with Crippen LogP contribution in [0.1, 0.15) is 12.5 Å². The van der Waals surface area contributed by atoms with Crippen molar-refractivity contribution in [3.05, 3.63) is 53.1 Å². The number of alkyl halides is 3. The molecule has 4 N–H and O–H groups in total. The molecule has 0 fully saturated rings. The Labute approximate surface area is 158 Å². The van der Waals surface area contributed by atoms with E-state index in [9.17, 15) is 18.0 Å². The fourth-order valence-corrected chi connectivity index (χ4v) is 2.34. The van der Waals surface area contributed by atoms with Crippen LogP contribution in [-0.2, 0) is 11.0 Å². The quantitative estimate of drug-likeness (QED) is 0.295. The van der Waals surface area contributed by atoms with Gasteiger partial charge < -0.3 is 10.1 Å². The topological polar surface area (TPSA) is 91.4 Å². The highest BCUT2D eigenvalue weighted by molar-refractivity contribution is 6.31. The number of nitrogens with one attached hydrogen (secondary N) is 2. The third-order valence-corrected chi connectivity index (χ3v) is 3.81. The number of anilines is 2. The fraction of sp³-hybridized carbons (Fsp3) is 0.176. The lowest BCUT2D eigenvalue weighted by atomic mass is 10.2. The Morgan fingerprint density at radius 2 is 2.04 bits per heavy atom. The van der Waals surface area contributed by atoms with Gasteiger partial charge >= 0.3 is 6.18 Å². The molecule has 0 saturated carbocycles. The zero-order valence-electron chi connectivity index (χ0n) is 14.0. The highest BCUT2D eigenvalue weighted by atomic mass is 35.5. The first-order valence-corrected chi connectivity index (χ1v) is 7.98. The van der Waals surface area contributed by atoms with E-state index in [2.05, 4.69) is 5.32 Å². The van der Waals surface area contributed by atoms with E-state index in [-0.39, 0.29) is 5.69 Å². The molecule has 1 atom stereocenters. The molecule has 2 rings (SSSR count). The maximum absolute atomic E-state index is 12.9. The van der Waals surface area contributed by atoms with E-state index in [4.69, 9.17) is 27.6 Å². The third kappa shape index (κ3) is 5.35. The lowest BCUT2D eigenvalue weighted by Crippen LogP contribution is -2.31. The normalized spacial score (nSPS) is 12.2. The number of benzene rings is 2. The largest absolute Gasteiger partial charge is 0.481 e. The standard InChI is InChI=1S/C17H16ClF3N4O2/c1-10(27-13-4-2-3-12(8-13)25(23)9-22)16(26)24-11-5-6-15(18)14(7-11)17(19,20)21/h2-10,22H,23H2,1H3,(H,24,26). The van der Waals surface area contributed by atoms with Gasteiger partial charge in [-0.3, -0.25) is 15.2 Å². The maximum Gasteiger partial charge on any atom is 0.417 e. The second-order valence-electron chi connectivity index (χ2n) is 5.48. The summed E-state index contributed by atoms with van der Waals surface area (Å²) in [7, 11) is 0. The van der Waals surface area contributed by atoms with Gasteiger partial charge in [-0.05, 0) is 37.3 Å². The van der Waals surface area contributed by atoms with Crippen molar-refractivity contribution >= 4 is 35.2 Å². The number of ether oxygens (including phenoxy) is 1. The van der Waals surface area contributed by atoms with Gasteiger partial charge in [0.2, 0.25) is 0 Å². The minimum atomic E-state index is -4.64. The Hall–Kier alpha value is -2.78. The molecule has 0 radical (unpaired) electrons. The van der Waals surface area contributed by atoms with Gasteiger partial charge in [0.1, 0.15) is 12.1 Å². The predicted octanol–water partition coefficient (Wildman–Crippen LogP) is 4.05. The van der Waals surface area contributed by atoms with Gasteiger partial charge in [-0.25, -0.2) is 5.84 Å². The summed E-state index contributed by atoms with van der Waals surface area (Å²) in [5.41, 5.74) is -0.640. The Balaban J connectivity index is 2.09. The highest BCUT2D eigenvalue weighted by Crippen LogP contribution is 2.36. The van der Waals surface area contributed by atoms with Gasteiger partial charge in [0.15, 0.2) is 6.10 Å². The van der Waals surface area contributed by atoms with Gasteiger partial charge in [-0.1, -0.05) is 17.7 Å². The van der Waals surface area contributed by atoms with Crippen LogP contribution in [0.15, 0.2) is 42.5 Å². The minimum absolute atomic E-state index is 0.0575. The first kappa shape index (κ1) is 20.5. The van der Waals surface area contributed by atoms with Crippen molar-refractivity contribution in [1.82, 2.24) is 0 Å². The summed E-state index contributed by atoms with van der Waals surface area (Å²) in [5, 5.41) is 10.1. The number of carbonyl (C=O) groups excluding carboxylic acids is 1. The molecule has 0 heterocycles. The zero-order chi connectivity index (χ0) is 20.2. The molecule has 1 unspecified atom stereocenters. The van der Waals surface area contributed by atoms with Gasteiger partial charge in [0.05, 0.1) is 16.3 Å². The second kappa shape index (κ2) is 8.28. The molecule has 10 heteroatoms. The Morgan fingerprint density at radius 1 is 1.33 bits per heavy atom. The summed E-state index contributed by atoms with van der Waals surface area (Å²) in [6.07, 6.45) is -4.74. The van der Waals surface area contributed by atoms with E-state index in [1.165, 1.54) is 19.1 Å². The molecule has 144 valence electrons. The van der Waals surface area contributed by atoms with Crippen molar-refractivity contribution in [3.63, 3.8) is 0 Å². The number of hydrazine groups is 1. The Kier molecular flexibility index (Phi) is 6.29. The zero-order valence-corrected chi connectivity index (χ0v) is 14.8. The molecule has 27 heavy (non-hydrogen) atoms. The number of carbonyl (C=O) groups is 1. The number of halogens is 4. The molecule has 6 nitrogen and oxygen atoms in total. The number of hydrogen-bond donors (Lipinski definition) is 3. The van der Waals surface area contributed by atoms with Crippen LogP contribution >= 0.6 is 11.6 Å². The molecule has 0 bridgehead atoms. The lowest BCUT2D eigenvalue weighted by Gasteiger charge is -2.18. The van der Waals surface area contributed by atoms with Crippen LogP contribution < -0.4 is 20.9 Å². The van der Waals surface area contributed by atoms with Gasteiger partial charge in [0.25, 0.3) is 5.91 Å². The number of nitrogens with zero attached hydrogens (tertiary/aromatic N) is 1. The van der Waals surface area contributed by atoms with Gasteiger partial charge in [-0.2, -0.15) is 13.2 Å². The van der Waals surface area contributed by atoms with Crippen LogP contribution in [0.2, 0.25) is 5.02 Å². The van der Waals surface area contributed by atoms with Crippen molar-refractivity contribution in [3.8, 4) is 5.75 Å². The molecule has 1 amide bonds. The molecule has 0 aliphatic heterocycles. The van der Waals surface area contributed by atoms with Crippen molar-refractivity contribution in [2.24, 2.45) is 5.84 Å². The number of amides is 1. The van der Waals surface area contributed by atoms with Crippen molar-refractivity contribution in [2.75, 3.05) is 10.3 Å². The van der Waals surface area contributed by atoms with E-state index < -0.39 is 28.8 Å². The fourth-order valence-electron chi connectivity index (χ4n) is 2.11. The van der Waals surface area contributed by atoms with E-state index in [1.54, 1.807) is 18.2 Å². The molecule has 2 aromatic rings. The average molecular weight is 401 g/mol. The van der Waals surface area contributed by atoms with E-state index in [1.807, 2.05) is 0 Å². The molecule has 0 aliphatic carbocycles. The number of rotatable bonds is 6. The molecule has 0 saturated heterocycles. The second-order valence-corrected chi connectivity index (χ2v) is 5.88. The van der Waals surface area contributed by atoms with Gasteiger partial charge in [0, 0.05) is 11.8 Å². The summed E-state index contributed by atoms with van der Waals surface area (Å²) in [6.45, 7) is 1.44. The van der Waals surface area contributed by atoms with Crippen LogP contribution in [0.4, 0.5) is 24.5 Å². The van der Waals surface area contributed by atoms with Crippen LogP contribution in [0, 0.1) is 5.41 Å². The Bertz CT molecular complexity index is 845. The molecule has 0 aliphatic rings. The average Bonchev–Trinajstić information content (AvgIpc) is 2.61. The molecule has 0 spiro atoms. The first-order chi connectivity index (χ1) is 12.6. The van der Waals surface area contributed by atoms with Crippen molar-refractivity contribution in [2.45, 2.75) is 19.2 Å². The van der Waals surface area contributed by atoms with Crippen LogP contribution in [-0.4, -0.2) is 18.3 Å².